The average molecular weight is 379 g/mol. The van der Waals surface area contributed by atoms with Gasteiger partial charge < -0.3 is 5.32 Å². The van der Waals surface area contributed by atoms with Crippen molar-refractivity contribution < 1.29 is 4.79 Å². The minimum Gasteiger partial charge on any atom is -0.326 e. The Labute approximate surface area is 166 Å². The molecule has 0 bridgehead atoms. The van der Waals surface area contributed by atoms with Gasteiger partial charge in [-0.2, -0.15) is 9.61 Å². The predicted octanol–water partition coefficient (Wildman–Crippen LogP) is 4.13. The molecule has 0 atom stereocenters. The minimum absolute atomic E-state index is 0.0549. The second-order valence-electron chi connectivity index (χ2n) is 6.80. The summed E-state index contributed by atoms with van der Waals surface area (Å²) in [6.07, 6.45) is 1.88. The number of amides is 1. The molecule has 0 spiro atoms. The van der Waals surface area contributed by atoms with Gasteiger partial charge in [0, 0.05) is 11.3 Å². The molecule has 0 aliphatic carbocycles. The molecule has 0 aliphatic rings. The Morgan fingerprint density at radius 3 is 2.76 bits per heavy atom. The standard InChI is InChI=1S/C23H17N5O/c29-23(14-17-7-3-6-16-5-1-2-10-20(16)17)25-19-9-4-8-18(13-19)21-11-12-22-26-24-15-28(22)27-21/h1-13,15H,14H2,(H,25,29). The van der Waals surface area contributed by atoms with E-state index in [0.717, 1.165) is 33.3 Å². The number of aromatic nitrogens is 4. The number of fused-ring (bicyclic) bond motifs is 2. The number of carbonyl (C=O) groups is 1. The molecule has 2 heterocycles. The van der Waals surface area contributed by atoms with Gasteiger partial charge in [0.05, 0.1) is 12.1 Å². The normalized spacial score (nSPS) is 11.0. The van der Waals surface area contributed by atoms with E-state index in [9.17, 15) is 4.79 Å². The van der Waals surface area contributed by atoms with Crippen molar-refractivity contribution in [3.8, 4) is 11.3 Å². The third-order valence-electron chi connectivity index (χ3n) is 4.83. The van der Waals surface area contributed by atoms with Gasteiger partial charge in [0.25, 0.3) is 0 Å². The summed E-state index contributed by atoms with van der Waals surface area (Å²) >= 11 is 0. The minimum atomic E-state index is -0.0549. The Hall–Kier alpha value is -4.06. The molecule has 2 aromatic heterocycles. The first-order valence-electron chi connectivity index (χ1n) is 9.30. The number of benzene rings is 3. The summed E-state index contributed by atoms with van der Waals surface area (Å²) in [7, 11) is 0. The molecule has 0 saturated heterocycles. The van der Waals surface area contributed by atoms with Crippen LogP contribution in [0, 0.1) is 0 Å². The lowest BCUT2D eigenvalue weighted by atomic mass is 10.0. The van der Waals surface area contributed by atoms with E-state index in [1.54, 1.807) is 10.8 Å². The van der Waals surface area contributed by atoms with Crippen LogP contribution in [0.3, 0.4) is 0 Å². The van der Waals surface area contributed by atoms with Crippen LogP contribution >= 0.6 is 0 Å². The Bertz CT molecular complexity index is 1340. The quantitative estimate of drug-likeness (QED) is 0.510. The van der Waals surface area contributed by atoms with Gasteiger partial charge in [-0.1, -0.05) is 54.6 Å². The lowest BCUT2D eigenvalue weighted by Gasteiger charge is -2.09. The van der Waals surface area contributed by atoms with Gasteiger partial charge in [-0.15, -0.1) is 10.2 Å². The van der Waals surface area contributed by atoms with E-state index in [2.05, 4.69) is 32.7 Å². The Kier molecular flexibility index (Phi) is 4.22. The smallest absolute Gasteiger partial charge is 0.228 e. The van der Waals surface area contributed by atoms with Crippen molar-refractivity contribution in [2.75, 3.05) is 5.32 Å². The van der Waals surface area contributed by atoms with Crippen molar-refractivity contribution in [3.63, 3.8) is 0 Å². The topological polar surface area (TPSA) is 72.2 Å². The maximum atomic E-state index is 12.7. The van der Waals surface area contributed by atoms with Gasteiger partial charge in [0.2, 0.25) is 5.91 Å². The van der Waals surface area contributed by atoms with E-state index in [4.69, 9.17) is 0 Å². The van der Waals surface area contributed by atoms with Gasteiger partial charge in [-0.3, -0.25) is 4.79 Å². The molecule has 5 aromatic rings. The predicted molar refractivity (Wildman–Crippen MR) is 112 cm³/mol. The molecule has 0 unspecified atom stereocenters. The van der Waals surface area contributed by atoms with Crippen LogP contribution in [0.5, 0.6) is 0 Å². The molecule has 0 saturated carbocycles. The fourth-order valence-corrected chi connectivity index (χ4v) is 3.46. The molecule has 1 amide bonds. The first kappa shape index (κ1) is 17.1. The summed E-state index contributed by atoms with van der Waals surface area (Å²) < 4.78 is 1.63. The van der Waals surface area contributed by atoms with Crippen molar-refractivity contribution in [2.24, 2.45) is 0 Å². The van der Waals surface area contributed by atoms with Crippen molar-refractivity contribution >= 4 is 28.0 Å². The van der Waals surface area contributed by atoms with Crippen LogP contribution < -0.4 is 5.32 Å². The van der Waals surface area contributed by atoms with Gasteiger partial charge in [0.15, 0.2) is 5.65 Å². The molecule has 29 heavy (non-hydrogen) atoms. The maximum Gasteiger partial charge on any atom is 0.228 e. The van der Waals surface area contributed by atoms with Crippen LogP contribution in [0.1, 0.15) is 5.56 Å². The molecule has 3 aromatic carbocycles. The largest absolute Gasteiger partial charge is 0.326 e. The molecule has 1 N–H and O–H groups in total. The summed E-state index contributed by atoms with van der Waals surface area (Å²) in [4.78, 5) is 12.7. The van der Waals surface area contributed by atoms with Crippen LogP contribution in [0.4, 0.5) is 5.69 Å². The number of hydrogen-bond acceptors (Lipinski definition) is 4. The Balaban J connectivity index is 1.37. The fourth-order valence-electron chi connectivity index (χ4n) is 3.46. The molecule has 5 rings (SSSR count). The zero-order valence-electron chi connectivity index (χ0n) is 15.5. The third kappa shape index (κ3) is 3.43. The second kappa shape index (κ2) is 7.16. The first-order chi connectivity index (χ1) is 14.3. The zero-order valence-corrected chi connectivity index (χ0v) is 15.5. The van der Waals surface area contributed by atoms with E-state index in [1.165, 1.54) is 0 Å². The number of hydrogen-bond donors (Lipinski definition) is 1. The van der Waals surface area contributed by atoms with Crippen LogP contribution in [0.25, 0.3) is 27.7 Å². The highest BCUT2D eigenvalue weighted by Crippen LogP contribution is 2.22. The number of nitrogens with one attached hydrogen (secondary N) is 1. The number of carbonyl (C=O) groups excluding carboxylic acids is 1. The summed E-state index contributed by atoms with van der Waals surface area (Å²) in [6, 6.07) is 25.5. The van der Waals surface area contributed by atoms with Crippen LogP contribution in [-0.4, -0.2) is 25.7 Å². The number of nitrogens with zero attached hydrogens (tertiary/aromatic N) is 4. The van der Waals surface area contributed by atoms with Crippen molar-refractivity contribution in [1.82, 2.24) is 19.8 Å². The van der Waals surface area contributed by atoms with Gasteiger partial charge in [0.1, 0.15) is 6.33 Å². The highest BCUT2D eigenvalue weighted by atomic mass is 16.1. The van der Waals surface area contributed by atoms with Gasteiger partial charge in [-0.05, 0) is 40.6 Å². The van der Waals surface area contributed by atoms with Crippen LogP contribution in [-0.2, 0) is 11.2 Å². The number of rotatable bonds is 4. The first-order valence-corrected chi connectivity index (χ1v) is 9.30. The van der Waals surface area contributed by atoms with Crippen molar-refractivity contribution in [2.45, 2.75) is 6.42 Å². The van der Waals surface area contributed by atoms with E-state index < -0.39 is 0 Å². The van der Waals surface area contributed by atoms with Crippen LogP contribution in [0.2, 0.25) is 0 Å². The zero-order chi connectivity index (χ0) is 19.6. The van der Waals surface area contributed by atoms with E-state index in [1.807, 2.05) is 66.7 Å². The Morgan fingerprint density at radius 1 is 0.931 bits per heavy atom. The van der Waals surface area contributed by atoms with E-state index >= 15 is 0 Å². The van der Waals surface area contributed by atoms with Gasteiger partial charge >= 0.3 is 0 Å². The molecule has 0 fully saturated rings. The molecule has 0 aliphatic heterocycles. The average Bonchev–Trinajstić information content (AvgIpc) is 3.22. The molecular weight excluding hydrogens is 362 g/mol. The number of anilines is 1. The SMILES string of the molecule is O=C(Cc1cccc2ccccc12)Nc1cccc(-c2ccc3nncn3n2)c1. The molecule has 6 heteroatoms. The highest BCUT2D eigenvalue weighted by molar-refractivity contribution is 5.96. The molecular formula is C23H17N5O. The maximum absolute atomic E-state index is 12.7. The summed E-state index contributed by atoms with van der Waals surface area (Å²) in [6.45, 7) is 0. The summed E-state index contributed by atoms with van der Waals surface area (Å²) in [5.74, 6) is -0.0549. The van der Waals surface area contributed by atoms with Crippen molar-refractivity contribution in [1.29, 1.82) is 0 Å². The van der Waals surface area contributed by atoms with Crippen LogP contribution in [0.15, 0.2) is 85.2 Å². The molecule has 6 nitrogen and oxygen atoms in total. The van der Waals surface area contributed by atoms with E-state index in [-0.39, 0.29) is 5.91 Å². The lowest BCUT2D eigenvalue weighted by Crippen LogP contribution is -2.14. The fraction of sp³-hybridized carbons (Fsp3) is 0.0435. The van der Waals surface area contributed by atoms with Crippen molar-refractivity contribution in [3.05, 3.63) is 90.8 Å². The summed E-state index contributed by atoms with van der Waals surface area (Å²) in [5, 5.41) is 17.6. The van der Waals surface area contributed by atoms with Gasteiger partial charge in [-0.25, -0.2) is 0 Å². The summed E-state index contributed by atoms with van der Waals surface area (Å²) in [5.41, 5.74) is 4.12. The van der Waals surface area contributed by atoms with E-state index in [0.29, 0.717) is 12.1 Å². The molecule has 140 valence electrons. The monoisotopic (exact) mass is 379 g/mol. The Morgan fingerprint density at radius 2 is 1.79 bits per heavy atom. The third-order valence-corrected chi connectivity index (χ3v) is 4.83. The second-order valence-corrected chi connectivity index (χ2v) is 6.80. The molecule has 0 radical (unpaired) electrons. The highest BCUT2D eigenvalue weighted by Gasteiger charge is 2.09. The lowest BCUT2D eigenvalue weighted by molar-refractivity contribution is -0.115.